The van der Waals surface area contributed by atoms with E-state index in [1.807, 2.05) is 31.8 Å². The van der Waals surface area contributed by atoms with E-state index in [-0.39, 0.29) is 6.03 Å². The highest BCUT2D eigenvalue weighted by atomic mass is 32.2. The van der Waals surface area contributed by atoms with Gasteiger partial charge in [0, 0.05) is 14.1 Å². The Bertz CT molecular complexity index is 617. The van der Waals surface area contributed by atoms with Crippen molar-refractivity contribution in [1.82, 2.24) is 24.6 Å². The van der Waals surface area contributed by atoms with Crippen LogP contribution in [-0.2, 0) is 20.6 Å². The van der Waals surface area contributed by atoms with Gasteiger partial charge in [0.1, 0.15) is 0 Å². The van der Waals surface area contributed by atoms with E-state index in [2.05, 4.69) is 20.7 Å². The zero-order chi connectivity index (χ0) is 14.7. The average molecular weight is 294 g/mol. The Morgan fingerprint density at radius 1 is 1.40 bits per heavy atom. The number of anilines is 1. The Labute approximate surface area is 121 Å². The number of aromatic nitrogens is 4. The maximum absolute atomic E-state index is 11.8. The minimum Gasteiger partial charge on any atom is -0.332 e. The Hall–Kier alpha value is -1.96. The molecule has 2 aromatic heterocycles. The van der Waals surface area contributed by atoms with E-state index in [1.54, 1.807) is 28.8 Å². The van der Waals surface area contributed by atoms with Gasteiger partial charge in [0.05, 0.1) is 36.0 Å². The lowest BCUT2D eigenvalue weighted by Crippen LogP contribution is -2.29. The molecule has 0 aliphatic rings. The predicted molar refractivity (Wildman–Crippen MR) is 78.8 cm³/mol. The molecule has 0 atom stereocenters. The van der Waals surface area contributed by atoms with Gasteiger partial charge in [0.15, 0.2) is 5.16 Å². The van der Waals surface area contributed by atoms with Crippen molar-refractivity contribution in [2.45, 2.75) is 18.6 Å². The Balaban J connectivity index is 1.92. The third-order valence-electron chi connectivity index (χ3n) is 3.14. The van der Waals surface area contributed by atoms with E-state index in [4.69, 9.17) is 0 Å². The SMILES string of the molecule is CSc1ncc(CNC(=O)Nc2cnn(C)c2C)n1C. The quantitative estimate of drug-likeness (QED) is 0.838. The third-order valence-corrected chi connectivity index (χ3v) is 3.88. The molecular formula is C12H18N6OS. The van der Waals surface area contributed by atoms with Crippen molar-refractivity contribution < 1.29 is 4.79 Å². The summed E-state index contributed by atoms with van der Waals surface area (Å²) in [6, 6.07) is -0.256. The molecule has 0 aromatic carbocycles. The first kappa shape index (κ1) is 14.4. The van der Waals surface area contributed by atoms with Crippen LogP contribution in [0.15, 0.2) is 17.6 Å². The van der Waals surface area contributed by atoms with Gasteiger partial charge in [0.25, 0.3) is 0 Å². The molecular weight excluding hydrogens is 276 g/mol. The average Bonchev–Trinajstić information content (AvgIpc) is 2.94. The van der Waals surface area contributed by atoms with E-state index in [0.717, 1.165) is 16.5 Å². The molecule has 0 unspecified atom stereocenters. The number of hydrogen-bond acceptors (Lipinski definition) is 4. The van der Waals surface area contributed by atoms with Crippen LogP contribution in [0, 0.1) is 6.92 Å². The molecule has 0 fully saturated rings. The van der Waals surface area contributed by atoms with Gasteiger partial charge in [-0.3, -0.25) is 4.68 Å². The van der Waals surface area contributed by atoms with Crippen LogP contribution in [0.5, 0.6) is 0 Å². The molecule has 20 heavy (non-hydrogen) atoms. The fraction of sp³-hybridized carbons (Fsp3) is 0.417. The molecule has 108 valence electrons. The van der Waals surface area contributed by atoms with Gasteiger partial charge in [0.2, 0.25) is 0 Å². The Kier molecular flexibility index (Phi) is 4.33. The number of amides is 2. The molecule has 2 rings (SSSR count). The second-order valence-corrected chi connectivity index (χ2v) is 5.14. The van der Waals surface area contributed by atoms with Crippen molar-refractivity contribution in [2.75, 3.05) is 11.6 Å². The summed E-state index contributed by atoms with van der Waals surface area (Å²) in [5.74, 6) is 0. The number of urea groups is 1. The molecule has 2 aromatic rings. The van der Waals surface area contributed by atoms with Gasteiger partial charge in [-0.15, -0.1) is 0 Å². The van der Waals surface area contributed by atoms with Crippen molar-refractivity contribution in [2.24, 2.45) is 14.1 Å². The van der Waals surface area contributed by atoms with Crippen LogP contribution in [0.4, 0.5) is 10.5 Å². The number of aryl methyl sites for hydroxylation is 1. The van der Waals surface area contributed by atoms with Crippen LogP contribution in [0.3, 0.4) is 0 Å². The maximum atomic E-state index is 11.8. The molecule has 2 amide bonds. The largest absolute Gasteiger partial charge is 0.332 e. The molecule has 0 aliphatic heterocycles. The number of hydrogen-bond donors (Lipinski definition) is 2. The van der Waals surface area contributed by atoms with Crippen molar-refractivity contribution in [3.63, 3.8) is 0 Å². The van der Waals surface area contributed by atoms with Crippen LogP contribution < -0.4 is 10.6 Å². The summed E-state index contributed by atoms with van der Waals surface area (Å²) in [5, 5.41) is 10.6. The van der Waals surface area contributed by atoms with Gasteiger partial charge in [-0.25, -0.2) is 9.78 Å². The number of rotatable bonds is 4. The predicted octanol–water partition coefficient (Wildman–Crippen LogP) is 1.51. The summed E-state index contributed by atoms with van der Waals surface area (Å²) in [7, 11) is 3.76. The molecule has 0 radical (unpaired) electrons. The summed E-state index contributed by atoms with van der Waals surface area (Å²) in [4.78, 5) is 16.1. The summed E-state index contributed by atoms with van der Waals surface area (Å²) >= 11 is 1.57. The molecule has 2 N–H and O–H groups in total. The van der Waals surface area contributed by atoms with Crippen LogP contribution in [0.2, 0.25) is 0 Å². The number of imidazole rings is 1. The highest BCUT2D eigenvalue weighted by Crippen LogP contribution is 2.14. The number of nitrogens with zero attached hydrogens (tertiary/aromatic N) is 4. The zero-order valence-corrected chi connectivity index (χ0v) is 12.8. The van der Waals surface area contributed by atoms with Crippen LogP contribution in [-0.4, -0.2) is 31.6 Å². The minimum atomic E-state index is -0.256. The van der Waals surface area contributed by atoms with Gasteiger partial charge in [-0.1, -0.05) is 11.8 Å². The van der Waals surface area contributed by atoms with Gasteiger partial charge in [-0.05, 0) is 13.2 Å². The summed E-state index contributed by atoms with van der Waals surface area (Å²) in [5.41, 5.74) is 2.57. The van der Waals surface area contributed by atoms with Crippen LogP contribution in [0.1, 0.15) is 11.4 Å². The molecule has 0 aliphatic carbocycles. The minimum absolute atomic E-state index is 0.256. The normalized spacial score (nSPS) is 10.6. The maximum Gasteiger partial charge on any atom is 0.319 e. The van der Waals surface area contributed by atoms with Crippen molar-refractivity contribution >= 4 is 23.5 Å². The van der Waals surface area contributed by atoms with Crippen molar-refractivity contribution in [3.8, 4) is 0 Å². The molecule has 0 saturated heterocycles. The van der Waals surface area contributed by atoms with Crippen molar-refractivity contribution in [3.05, 3.63) is 23.8 Å². The smallest absolute Gasteiger partial charge is 0.319 e. The third kappa shape index (κ3) is 2.96. The first-order chi connectivity index (χ1) is 9.52. The second-order valence-electron chi connectivity index (χ2n) is 4.37. The molecule has 0 bridgehead atoms. The number of nitrogens with one attached hydrogen (secondary N) is 2. The van der Waals surface area contributed by atoms with Crippen LogP contribution >= 0.6 is 11.8 Å². The summed E-state index contributed by atoms with van der Waals surface area (Å²) in [6.45, 7) is 2.32. The van der Waals surface area contributed by atoms with E-state index in [9.17, 15) is 4.79 Å². The van der Waals surface area contributed by atoms with E-state index >= 15 is 0 Å². The Morgan fingerprint density at radius 2 is 2.15 bits per heavy atom. The van der Waals surface area contributed by atoms with E-state index < -0.39 is 0 Å². The van der Waals surface area contributed by atoms with E-state index in [1.165, 1.54) is 0 Å². The van der Waals surface area contributed by atoms with Crippen LogP contribution in [0.25, 0.3) is 0 Å². The lowest BCUT2D eigenvalue weighted by Gasteiger charge is -2.08. The Morgan fingerprint density at radius 3 is 2.70 bits per heavy atom. The first-order valence-electron chi connectivity index (χ1n) is 6.11. The lowest BCUT2D eigenvalue weighted by molar-refractivity contribution is 0.251. The standard InChI is InChI=1S/C12H18N6OS/c1-8-10(7-15-18(8)3)16-11(19)13-5-9-6-14-12(20-4)17(9)2/h6-7H,5H2,1-4H3,(H2,13,16,19). The van der Waals surface area contributed by atoms with Gasteiger partial charge in [-0.2, -0.15) is 5.10 Å². The molecule has 7 nitrogen and oxygen atoms in total. The summed E-state index contributed by atoms with van der Waals surface area (Å²) in [6.07, 6.45) is 5.36. The topological polar surface area (TPSA) is 76.8 Å². The summed E-state index contributed by atoms with van der Waals surface area (Å²) < 4.78 is 3.67. The molecule has 0 saturated carbocycles. The van der Waals surface area contributed by atoms with Gasteiger partial charge < -0.3 is 15.2 Å². The monoisotopic (exact) mass is 294 g/mol. The van der Waals surface area contributed by atoms with E-state index in [0.29, 0.717) is 12.2 Å². The second kappa shape index (κ2) is 6.00. The lowest BCUT2D eigenvalue weighted by atomic mass is 10.4. The highest BCUT2D eigenvalue weighted by Gasteiger charge is 2.09. The number of carbonyl (C=O) groups is 1. The molecule has 0 spiro atoms. The van der Waals surface area contributed by atoms with Crippen molar-refractivity contribution in [1.29, 1.82) is 0 Å². The highest BCUT2D eigenvalue weighted by molar-refractivity contribution is 7.98. The first-order valence-corrected chi connectivity index (χ1v) is 7.33. The number of thioether (sulfide) groups is 1. The van der Waals surface area contributed by atoms with Gasteiger partial charge >= 0.3 is 6.03 Å². The zero-order valence-electron chi connectivity index (χ0n) is 12.0. The fourth-order valence-corrected chi connectivity index (χ4v) is 2.29. The molecule has 2 heterocycles. The molecule has 8 heteroatoms. The fourth-order valence-electron chi connectivity index (χ4n) is 1.74. The number of carbonyl (C=O) groups excluding carboxylic acids is 1.